The highest BCUT2D eigenvalue weighted by molar-refractivity contribution is 9.10. The van der Waals surface area contributed by atoms with Gasteiger partial charge >= 0.3 is 0 Å². The van der Waals surface area contributed by atoms with Gasteiger partial charge < -0.3 is 15.8 Å². The first-order chi connectivity index (χ1) is 10.2. The topological polar surface area (TPSA) is 47.3 Å². The molecular weight excluding hydrogens is 328 g/mol. The zero-order chi connectivity index (χ0) is 14.8. The Morgan fingerprint density at radius 1 is 1.29 bits per heavy atom. The number of hydrogen-bond acceptors (Lipinski definition) is 3. The molecule has 0 amide bonds. The molecule has 2 aromatic carbocycles. The van der Waals surface area contributed by atoms with Crippen LogP contribution in [0.4, 0.5) is 5.69 Å². The van der Waals surface area contributed by atoms with Crippen molar-refractivity contribution in [3.05, 3.63) is 57.6 Å². The van der Waals surface area contributed by atoms with Crippen molar-refractivity contribution in [2.24, 2.45) is 5.73 Å². The van der Waals surface area contributed by atoms with Crippen molar-refractivity contribution < 1.29 is 4.74 Å². The van der Waals surface area contributed by atoms with E-state index in [9.17, 15) is 0 Å². The number of aryl methyl sites for hydroxylation is 1. The van der Waals surface area contributed by atoms with Gasteiger partial charge in [0.25, 0.3) is 0 Å². The Kier molecular flexibility index (Phi) is 4.17. The minimum Gasteiger partial charge on any atom is -0.493 e. The van der Waals surface area contributed by atoms with Crippen LogP contribution < -0.4 is 15.8 Å². The number of nitrogens with one attached hydrogen (secondary N) is 1. The van der Waals surface area contributed by atoms with Crippen molar-refractivity contribution in [1.29, 1.82) is 0 Å². The predicted molar refractivity (Wildman–Crippen MR) is 89.9 cm³/mol. The summed E-state index contributed by atoms with van der Waals surface area (Å²) in [6.07, 6.45) is 0.981. The van der Waals surface area contributed by atoms with Gasteiger partial charge in [-0.2, -0.15) is 0 Å². The van der Waals surface area contributed by atoms with Gasteiger partial charge in [-0.05, 0) is 63.8 Å². The Balaban J connectivity index is 1.86. The van der Waals surface area contributed by atoms with Crippen molar-refractivity contribution in [2.45, 2.75) is 19.4 Å². The van der Waals surface area contributed by atoms with Gasteiger partial charge in [-0.3, -0.25) is 0 Å². The number of rotatable bonds is 4. The summed E-state index contributed by atoms with van der Waals surface area (Å²) in [5.74, 6) is 1.01. The van der Waals surface area contributed by atoms with Crippen LogP contribution in [-0.4, -0.2) is 13.2 Å². The summed E-state index contributed by atoms with van der Waals surface area (Å²) in [4.78, 5) is 0. The van der Waals surface area contributed by atoms with E-state index in [0.29, 0.717) is 6.54 Å². The third-order valence-electron chi connectivity index (χ3n) is 3.80. The average Bonchev–Trinajstić information content (AvgIpc) is 2.95. The van der Waals surface area contributed by atoms with E-state index in [0.717, 1.165) is 28.9 Å². The molecule has 1 aliphatic rings. The highest BCUT2D eigenvalue weighted by Crippen LogP contribution is 2.31. The molecular formula is C17H19BrN2O. The first-order valence-electron chi connectivity index (χ1n) is 7.16. The largest absolute Gasteiger partial charge is 0.493 e. The van der Waals surface area contributed by atoms with E-state index in [2.05, 4.69) is 58.5 Å². The van der Waals surface area contributed by atoms with E-state index >= 15 is 0 Å². The second-order valence-electron chi connectivity index (χ2n) is 5.38. The fraction of sp³-hybridized carbons (Fsp3) is 0.294. The van der Waals surface area contributed by atoms with Crippen molar-refractivity contribution in [3.8, 4) is 5.75 Å². The summed E-state index contributed by atoms with van der Waals surface area (Å²) in [6.45, 7) is 3.41. The van der Waals surface area contributed by atoms with Gasteiger partial charge in [-0.25, -0.2) is 0 Å². The lowest BCUT2D eigenvalue weighted by Gasteiger charge is -2.20. The lowest BCUT2D eigenvalue weighted by Crippen LogP contribution is -2.21. The second kappa shape index (κ2) is 6.08. The van der Waals surface area contributed by atoms with Gasteiger partial charge in [0.1, 0.15) is 5.75 Å². The number of halogens is 1. The number of hydrogen-bond donors (Lipinski definition) is 2. The van der Waals surface area contributed by atoms with Crippen LogP contribution in [0, 0.1) is 6.92 Å². The fourth-order valence-corrected chi connectivity index (χ4v) is 3.00. The molecule has 3 nitrogen and oxygen atoms in total. The molecule has 1 heterocycles. The van der Waals surface area contributed by atoms with Crippen molar-refractivity contribution in [2.75, 3.05) is 18.5 Å². The van der Waals surface area contributed by atoms with Crippen LogP contribution in [0.15, 0.2) is 40.9 Å². The number of fused-ring (bicyclic) bond motifs is 1. The second-order valence-corrected chi connectivity index (χ2v) is 6.24. The van der Waals surface area contributed by atoms with Gasteiger partial charge in [0.05, 0.1) is 12.6 Å². The lowest BCUT2D eigenvalue weighted by molar-refractivity contribution is 0.357. The molecule has 0 radical (unpaired) electrons. The molecule has 3 N–H and O–H groups in total. The van der Waals surface area contributed by atoms with Crippen LogP contribution in [0.5, 0.6) is 5.75 Å². The van der Waals surface area contributed by atoms with Gasteiger partial charge in [-0.15, -0.1) is 0 Å². The molecule has 21 heavy (non-hydrogen) atoms. The van der Waals surface area contributed by atoms with Crippen molar-refractivity contribution in [1.82, 2.24) is 0 Å². The van der Waals surface area contributed by atoms with Crippen LogP contribution in [0.2, 0.25) is 0 Å². The average molecular weight is 347 g/mol. The third-order valence-corrected chi connectivity index (χ3v) is 4.49. The van der Waals surface area contributed by atoms with Gasteiger partial charge in [0.2, 0.25) is 0 Å². The predicted octanol–water partition coefficient (Wildman–Crippen LogP) is 3.80. The SMILES string of the molecule is Cc1ccc(Br)c(NC(CN)c2ccc3c(c2)CCO3)c1. The van der Waals surface area contributed by atoms with Crippen LogP contribution >= 0.6 is 15.9 Å². The molecule has 1 atom stereocenters. The zero-order valence-corrected chi connectivity index (χ0v) is 13.6. The standard InChI is InChI=1S/C17H19BrN2O/c1-11-2-4-14(18)15(8-11)20-16(10-19)12-3-5-17-13(9-12)6-7-21-17/h2-5,8-9,16,20H,6-7,10,19H2,1H3. The van der Waals surface area contributed by atoms with Crippen molar-refractivity contribution in [3.63, 3.8) is 0 Å². The van der Waals surface area contributed by atoms with Crippen LogP contribution in [0.25, 0.3) is 0 Å². The Morgan fingerprint density at radius 3 is 2.95 bits per heavy atom. The van der Waals surface area contributed by atoms with Crippen LogP contribution in [0.1, 0.15) is 22.7 Å². The van der Waals surface area contributed by atoms with E-state index < -0.39 is 0 Å². The normalized spacial score (nSPS) is 14.4. The van der Waals surface area contributed by atoms with E-state index in [-0.39, 0.29) is 6.04 Å². The van der Waals surface area contributed by atoms with Gasteiger partial charge in [-0.1, -0.05) is 12.1 Å². The number of benzene rings is 2. The van der Waals surface area contributed by atoms with Crippen LogP contribution in [-0.2, 0) is 6.42 Å². The minimum absolute atomic E-state index is 0.0917. The molecule has 0 saturated carbocycles. The Morgan fingerprint density at radius 2 is 2.14 bits per heavy atom. The molecule has 0 aliphatic carbocycles. The fourth-order valence-electron chi connectivity index (χ4n) is 2.64. The Hall–Kier alpha value is -1.52. The van der Waals surface area contributed by atoms with E-state index in [1.165, 1.54) is 16.7 Å². The molecule has 0 spiro atoms. The lowest BCUT2D eigenvalue weighted by atomic mass is 10.0. The summed E-state index contributed by atoms with van der Waals surface area (Å²) >= 11 is 3.59. The summed E-state index contributed by atoms with van der Waals surface area (Å²) in [5, 5.41) is 3.53. The van der Waals surface area contributed by atoms with Gasteiger partial charge in [0, 0.05) is 23.1 Å². The highest BCUT2D eigenvalue weighted by Gasteiger charge is 2.16. The first kappa shape index (κ1) is 14.4. The van der Waals surface area contributed by atoms with Gasteiger partial charge in [0.15, 0.2) is 0 Å². The smallest absolute Gasteiger partial charge is 0.122 e. The molecule has 1 unspecified atom stereocenters. The molecule has 3 rings (SSSR count). The Bertz CT molecular complexity index is 657. The maximum Gasteiger partial charge on any atom is 0.122 e. The number of ether oxygens (including phenoxy) is 1. The minimum atomic E-state index is 0.0917. The molecule has 0 bridgehead atoms. The first-order valence-corrected chi connectivity index (χ1v) is 7.95. The summed E-state index contributed by atoms with van der Waals surface area (Å²) in [6, 6.07) is 12.7. The van der Waals surface area contributed by atoms with E-state index in [1.807, 2.05) is 6.07 Å². The molecule has 110 valence electrons. The molecule has 0 aromatic heterocycles. The molecule has 0 fully saturated rings. The van der Waals surface area contributed by atoms with E-state index in [4.69, 9.17) is 10.5 Å². The zero-order valence-electron chi connectivity index (χ0n) is 12.0. The van der Waals surface area contributed by atoms with E-state index in [1.54, 1.807) is 0 Å². The summed E-state index contributed by atoms with van der Waals surface area (Å²) in [7, 11) is 0. The molecule has 1 aliphatic heterocycles. The molecule has 4 heteroatoms. The third kappa shape index (κ3) is 3.06. The Labute approximate surface area is 133 Å². The van der Waals surface area contributed by atoms with Crippen LogP contribution in [0.3, 0.4) is 0 Å². The maximum atomic E-state index is 5.98. The van der Waals surface area contributed by atoms with Crippen molar-refractivity contribution >= 4 is 21.6 Å². The molecule has 0 saturated heterocycles. The highest BCUT2D eigenvalue weighted by atomic mass is 79.9. The number of anilines is 1. The number of nitrogens with two attached hydrogens (primary N) is 1. The molecule has 2 aromatic rings. The monoisotopic (exact) mass is 346 g/mol. The summed E-state index contributed by atoms with van der Waals surface area (Å²) < 4.78 is 6.61. The quantitative estimate of drug-likeness (QED) is 0.884. The maximum absolute atomic E-state index is 5.98. The summed E-state index contributed by atoms with van der Waals surface area (Å²) in [5.41, 5.74) is 10.7.